The van der Waals surface area contributed by atoms with Gasteiger partial charge in [-0.1, -0.05) is 6.92 Å². The molecule has 1 aliphatic heterocycles. The lowest BCUT2D eigenvalue weighted by Crippen LogP contribution is -2.41. The van der Waals surface area contributed by atoms with Gasteiger partial charge in [-0.05, 0) is 31.9 Å². The SMILES string of the molecule is CCOC(=O)C1CCCN1C(=O)c1ccc(CC)o1. The number of carbonyl (C=O) groups is 2. The second kappa shape index (κ2) is 5.91. The summed E-state index contributed by atoms with van der Waals surface area (Å²) < 4.78 is 10.5. The lowest BCUT2D eigenvalue weighted by molar-refractivity contribution is -0.147. The molecule has 1 saturated heterocycles. The number of furan rings is 1. The summed E-state index contributed by atoms with van der Waals surface area (Å²) in [7, 11) is 0. The highest BCUT2D eigenvalue weighted by Crippen LogP contribution is 2.22. The molecule has 0 N–H and O–H groups in total. The molecule has 1 fully saturated rings. The summed E-state index contributed by atoms with van der Waals surface area (Å²) in [6.45, 7) is 4.63. The number of hydrogen-bond donors (Lipinski definition) is 0. The highest BCUT2D eigenvalue weighted by atomic mass is 16.5. The fourth-order valence-electron chi connectivity index (χ4n) is 2.32. The molecule has 2 heterocycles. The van der Waals surface area contributed by atoms with Crippen molar-refractivity contribution in [3.8, 4) is 0 Å². The van der Waals surface area contributed by atoms with Crippen LogP contribution in [0, 0.1) is 0 Å². The summed E-state index contributed by atoms with van der Waals surface area (Å²) in [5.74, 6) is 0.522. The van der Waals surface area contributed by atoms with Crippen LogP contribution in [-0.2, 0) is 16.0 Å². The van der Waals surface area contributed by atoms with Gasteiger partial charge in [0.25, 0.3) is 5.91 Å². The molecule has 1 aliphatic rings. The van der Waals surface area contributed by atoms with Crippen molar-refractivity contribution in [2.75, 3.05) is 13.2 Å². The van der Waals surface area contributed by atoms with Crippen molar-refractivity contribution in [1.29, 1.82) is 0 Å². The van der Waals surface area contributed by atoms with Gasteiger partial charge in [0.2, 0.25) is 0 Å². The quantitative estimate of drug-likeness (QED) is 0.781. The molecule has 1 amide bonds. The van der Waals surface area contributed by atoms with Crippen molar-refractivity contribution in [3.05, 3.63) is 23.7 Å². The van der Waals surface area contributed by atoms with E-state index < -0.39 is 6.04 Å². The monoisotopic (exact) mass is 265 g/mol. The van der Waals surface area contributed by atoms with Crippen LogP contribution in [0.25, 0.3) is 0 Å². The first kappa shape index (κ1) is 13.6. The third-order valence-corrected chi connectivity index (χ3v) is 3.29. The van der Waals surface area contributed by atoms with E-state index in [4.69, 9.17) is 9.15 Å². The molecule has 0 bridgehead atoms. The van der Waals surface area contributed by atoms with E-state index in [-0.39, 0.29) is 11.9 Å². The Morgan fingerprint density at radius 3 is 2.84 bits per heavy atom. The average Bonchev–Trinajstić information content (AvgIpc) is 3.07. The van der Waals surface area contributed by atoms with Gasteiger partial charge in [0.1, 0.15) is 11.8 Å². The van der Waals surface area contributed by atoms with Gasteiger partial charge in [-0.15, -0.1) is 0 Å². The fourth-order valence-corrected chi connectivity index (χ4v) is 2.32. The van der Waals surface area contributed by atoms with Crippen molar-refractivity contribution in [3.63, 3.8) is 0 Å². The van der Waals surface area contributed by atoms with Crippen LogP contribution in [0.1, 0.15) is 43.0 Å². The molecule has 0 aliphatic carbocycles. The zero-order chi connectivity index (χ0) is 13.8. The normalized spacial score (nSPS) is 18.6. The van der Waals surface area contributed by atoms with Crippen LogP contribution in [0.5, 0.6) is 0 Å². The van der Waals surface area contributed by atoms with Crippen LogP contribution >= 0.6 is 0 Å². The second-order valence-corrected chi connectivity index (χ2v) is 4.53. The Labute approximate surface area is 112 Å². The number of carbonyl (C=O) groups excluding carboxylic acids is 2. The Kier molecular flexibility index (Phi) is 4.24. The first-order valence-electron chi connectivity index (χ1n) is 6.73. The molecule has 1 atom stereocenters. The maximum Gasteiger partial charge on any atom is 0.328 e. The summed E-state index contributed by atoms with van der Waals surface area (Å²) in [6, 6.07) is 2.99. The molecule has 0 spiro atoms. The molecule has 2 rings (SSSR count). The maximum atomic E-state index is 12.3. The van der Waals surface area contributed by atoms with Crippen LogP contribution < -0.4 is 0 Å². The van der Waals surface area contributed by atoms with Gasteiger partial charge in [-0.25, -0.2) is 4.79 Å². The van der Waals surface area contributed by atoms with Gasteiger partial charge in [0.05, 0.1) is 6.61 Å². The van der Waals surface area contributed by atoms with Gasteiger partial charge in [-0.2, -0.15) is 0 Å². The highest BCUT2D eigenvalue weighted by molar-refractivity contribution is 5.95. The predicted molar refractivity (Wildman–Crippen MR) is 68.8 cm³/mol. The average molecular weight is 265 g/mol. The van der Waals surface area contributed by atoms with E-state index in [0.717, 1.165) is 18.6 Å². The molecular weight excluding hydrogens is 246 g/mol. The summed E-state index contributed by atoms with van der Waals surface area (Å²) in [6.07, 6.45) is 2.22. The number of hydrogen-bond acceptors (Lipinski definition) is 4. The van der Waals surface area contributed by atoms with E-state index in [9.17, 15) is 9.59 Å². The molecule has 1 unspecified atom stereocenters. The van der Waals surface area contributed by atoms with Gasteiger partial charge in [0.15, 0.2) is 5.76 Å². The zero-order valence-electron chi connectivity index (χ0n) is 11.3. The third kappa shape index (κ3) is 2.80. The Balaban J connectivity index is 2.11. The van der Waals surface area contributed by atoms with Crippen LogP contribution in [0.15, 0.2) is 16.5 Å². The number of ether oxygens (including phenoxy) is 1. The Bertz CT molecular complexity index is 466. The predicted octanol–water partition coefficient (Wildman–Crippen LogP) is 2.01. The second-order valence-electron chi connectivity index (χ2n) is 4.53. The number of amides is 1. The minimum absolute atomic E-state index is 0.227. The molecule has 5 nitrogen and oxygen atoms in total. The van der Waals surface area contributed by atoms with Crippen LogP contribution in [0.2, 0.25) is 0 Å². The van der Waals surface area contributed by atoms with Gasteiger partial charge in [0, 0.05) is 13.0 Å². The maximum absolute atomic E-state index is 12.3. The minimum atomic E-state index is -0.470. The standard InChI is InChI=1S/C14H19NO4/c1-3-10-7-8-12(19-10)13(16)15-9-5-6-11(15)14(17)18-4-2/h7-8,11H,3-6,9H2,1-2H3. The van der Waals surface area contributed by atoms with E-state index in [2.05, 4.69) is 0 Å². The minimum Gasteiger partial charge on any atom is -0.464 e. The molecular formula is C14H19NO4. The van der Waals surface area contributed by atoms with Gasteiger partial charge < -0.3 is 14.1 Å². The lowest BCUT2D eigenvalue weighted by atomic mass is 10.2. The Morgan fingerprint density at radius 2 is 2.21 bits per heavy atom. The van der Waals surface area contributed by atoms with Crippen molar-refractivity contribution >= 4 is 11.9 Å². The largest absolute Gasteiger partial charge is 0.464 e. The Hall–Kier alpha value is -1.78. The van der Waals surface area contributed by atoms with Crippen LogP contribution in [-0.4, -0.2) is 36.0 Å². The number of rotatable bonds is 4. The smallest absolute Gasteiger partial charge is 0.328 e. The van der Waals surface area contributed by atoms with E-state index in [1.807, 2.05) is 6.92 Å². The fraction of sp³-hybridized carbons (Fsp3) is 0.571. The number of aryl methyl sites for hydroxylation is 1. The van der Waals surface area contributed by atoms with E-state index in [1.165, 1.54) is 0 Å². The lowest BCUT2D eigenvalue weighted by Gasteiger charge is -2.21. The van der Waals surface area contributed by atoms with Crippen molar-refractivity contribution in [1.82, 2.24) is 4.90 Å². The van der Waals surface area contributed by atoms with E-state index in [0.29, 0.717) is 25.3 Å². The van der Waals surface area contributed by atoms with E-state index >= 15 is 0 Å². The van der Waals surface area contributed by atoms with Gasteiger partial charge in [-0.3, -0.25) is 4.79 Å². The highest BCUT2D eigenvalue weighted by Gasteiger charge is 2.36. The third-order valence-electron chi connectivity index (χ3n) is 3.29. The molecule has 5 heteroatoms. The summed E-state index contributed by atoms with van der Waals surface area (Å²) in [4.78, 5) is 25.7. The van der Waals surface area contributed by atoms with Crippen LogP contribution in [0.4, 0.5) is 0 Å². The van der Waals surface area contributed by atoms with Crippen molar-refractivity contribution in [2.45, 2.75) is 39.2 Å². The summed E-state index contributed by atoms with van der Waals surface area (Å²) in [5, 5.41) is 0. The molecule has 0 saturated carbocycles. The van der Waals surface area contributed by atoms with Crippen molar-refractivity contribution in [2.24, 2.45) is 0 Å². The number of likely N-dealkylation sites (tertiary alicyclic amines) is 1. The summed E-state index contributed by atoms with van der Waals surface area (Å²) >= 11 is 0. The first-order chi connectivity index (χ1) is 9.17. The number of esters is 1. The number of nitrogens with zero attached hydrogens (tertiary/aromatic N) is 1. The molecule has 0 radical (unpaired) electrons. The van der Waals surface area contributed by atoms with Crippen LogP contribution in [0.3, 0.4) is 0 Å². The summed E-state index contributed by atoms with van der Waals surface area (Å²) in [5.41, 5.74) is 0. The zero-order valence-corrected chi connectivity index (χ0v) is 11.3. The van der Waals surface area contributed by atoms with E-state index in [1.54, 1.807) is 24.0 Å². The van der Waals surface area contributed by atoms with Crippen molar-refractivity contribution < 1.29 is 18.7 Å². The van der Waals surface area contributed by atoms with Gasteiger partial charge >= 0.3 is 5.97 Å². The topological polar surface area (TPSA) is 59.8 Å². The molecule has 1 aromatic heterocycles. The molecule has 1 aromatic rings. The molecule has 104 valence electrons. The molecule has 0 aromatic carbocycles. The Morgan fingerprint density at radius 1 is 1.42 bits per heavy atom. The first-order valence-corrected chi connectivity index (χ1v) is 6.73. The molecule has 19 heavy (non-hydrogen) atoms.